The maximum Gasteiger partial charge on any atom is 0.267 e. The Bertz CT molecular complexity index is 1430. The Kier molecular flexibility index (Phi) is 5.11. The van der Waals surface area contributed by atoms with E-state index in [0.717, 1.165) is 18.2 Å². The van der Waals surface area contributed by atoms with Crippen molar-refractivity contribution in [1.29, 1.82) is 0 Å². The van der Waals surface area contributed by atoms with Gasteiger partial charge in [0.05, 0.1) is 29.1 Å². The van der Waals surface area contributed by atoms with E-state index in [2.05, 4.69) is 24.7 Å². The zero-order valence-corrected chi connectivity index (χ0v) is 17.2. The summed E-state index contributed by atoms with van der Waals surface area (Å²) in [6.45, 7) is 0. The molecule has 3 aromatic heterocycles. The smallest absolute Gasteiger partial charge is 0.267 e. The molecule has 4 rings (SSSR count). The monoisotopic (exact) mass is 466 g/mol. The van der Waals surface area contributed by atoms with Crippen molar-refractivity contribution in [2.45, 2.75) is 4.90 Å². The van der Waals surface area contributed by atoms with Gasteiger partial charge >= 0.3 is 0 Å². The van der Waals surface area contributed by atoms with Gasteiger partial charge in [-0.15, -0.1) is 0 Å². The van der Waals surface area contributed by atoms with Crippen LogP contribution in [0.4, 0.5) is 20.4 Å². The minimum Gasteiger partial charge on any atom is -0.480 e. The molecule has 0 unspecified atom stereocenters. The number of nitrogen functional groups attached to an aromatic ring is 1. The van der Waals surface area contributed by atoms with Gasteiger partial charge < -0.3 is 15.5 Å². The summed E-state index contributed by atoms with van der Waals surface area (Å²) in [5.74, 6) is -2.33. The van der Waals surface area contributed by atoms with Gasteiger partial charge in [0.1, 0.15) is 11.5 Å². The number of aromatic nitrogens is 4. The minimum absolute atomic E-state index is 0.0209. The molecule has 0 amide bonds. The molecule has 13 heteroatoms. The highest BCUT2D eigenvalue weighted by atomic mass is 35.5. The third kappa shape index (κ3) is 3.82. The largest absolute Gasteiger partial charge is 0.480 e. The highest BCUT2D eigenvalue weighted by Crippen LogP contribution is 2.34. The summed E-state index contributed by atoms with van der Waals surface area (Å²) in [5, 5.41) is 0.489. The van der Waals surface area contributed by atoms with E-state index < -0.39 is 37.8 Å². The van der Waals surface area contributed by atoms with E-state index in [4.69, 9.17) is 22.1 Å². The first-order chi connectivity index (χ1) is 14.7. The molecular formula is C18H13ClF2N6O3S. The third-order valence-electron chi connectivity index (χ3n) is 4.26. The molecule has 0 fully saturated rings. The fraction of sp³-hybridized carbons (Fsp3) is 0.0556. The van der Waals surface area contributed by atoms with Gasteiger partial charge in [-0.05, 0) is 24.3 Å². The first-order valence-corrected chi connectivity index (χ1v) is 10.4. The number of aromatic amines is 1. The van der Waals surface area contributed by atoms with Gasteiger partial charge in [-0.25, -0.2) is 27.2 Å². The number of pyridine rings is 1. The molecule has 0 aliphatic heterocycles. The van der Waals surface area contributed by atoms with Crippen LogP contribution in [-0.2, 0) is 10.0 Å². The highest BCUT2D eigenvalue weighted by Gasteiger charge is 2.25. The Labute approximate surface area is 179 Å². The molecule has 160 valence electrons. The van der Waals surface area contributed by atoms with Crippen molar-refractivity contribution in [3.8, 4) is 17.1 Å². The Morgan fingerprint density at radius 2 is 1.97 bits per heavy atom. The molecule has 0 aliphatic rings. The van der Waals surface area contributed by atoms with E-state index >= 15 is 4.39 Å². The van der Waals surface area contributed by atoms with Crippen LogP contribution < -0.4 is 15.2 Å². The lowest BCUT2D eigenvalue weighted by Crippen LogP contribution is -2.16. The summed E-state index contributed by atoms with van der Waals surface area (Å²) in [6.07, 6.45) is 2.58. The molecule has 31 heavy (non-hydrogen) atoms. The standard InChI is InChI=1S/C18H13ClF2N6O3S/c1-30-17-13(5-9(19)7-23-17)31(28,29)27-11-3-2-10(20)14(15(11)21)12-4-8-6-24-18(22)26-16(8)25-12/h2-7,27H,1H3,(H3,22,24,25,26). The molecule has 0 aliphatic carbocycles. The van der Waals surface area contributed by atoms with E-state index in [0.29, 0.717) is 5.39 Å². The molecular weight excluding hydrogens is 454 g/mol. The molecule has 4 aromatic rings. The predicted molar refractivity (Wildman–Crippen MR) is 110 cm³/mol. The Balaban J connectivity index is 1.80. The van der Waals surface area contributed by atoms with Gasteiger partial charge in [0, 0.05) is 17.8 Å². The van der Waals surface area contributed by atoms with E-state index in [-0.39, 0.29) is 28.2 Å². The molecule has 1 aromatic carbocycles. The number of H-pyrrole nitrogens is 1. The van der Waals surface area contributed by atoms with Gasteiger partial charge in [0.15, 0.2) is 10.7 Å². The molecule has 0 bridgehead atoms. The van der Waals surface area contributed by atoms with E-state index in [1.165, 1.54) is 25.6 Å². The highest BCUT2D eigenvalue weighted by molar-refractivity contribution is 7.92. The number of hydrogen-bond acceptors (Lipinski definition) is 7. The summed E-state index contributed by atoms with van der Waals surface area (Å²) in [6, 6.07) is 4.39. The van der Waals surface area contributed by atoms with Gasteiger partial charge in [-0.3, -0.25) is 4.72 Å². The van der Waals surface area contributed by atoms with Crippen LogP contribution in [0.15, 0.2) is 41.6 Å². The van der Waals surface area contributed by atoms with Crippen molar-refractivity contribution in [2.75, 3.05) is 17.6 Å². The lowest BCUT2D eigenvalue weighted by molar-refractivity contribution is 0.385. The van der Waals surface area contributed by atoms with Crippen molar-refractivity contribution in [3.05, 3.63) is 53.3 Å². The number of fused-ring (bicyclic) bond motifs is 1. The Hall–Kier alpha value is -3.51. The van der Waals surface area contributed by atoms with Gasteiger partial charge in [0.2, 0.25) is 11.8 Å². The molecule has 0 spiro atoms. The number of nitrogens with one attached hydrogen (secondary N) is 2. The number of hydrogen-bond donors (Lipinski definition) is 3. The van der Waals surface area contributed by atoms with E-state index in [1.807, 2.05) is 0 Å². The minimum atomic E-state index is -4.38. The maximum atomic E-state index is 15.2. The molecule has 3 heterocycles. The van der Waals surface area contributed by atoms with Crippen molar-refractivity contribution in [3.63, 3.8) is 0 Å². The number of sulfonamides is 1. The molecule has 9 nitrogen and oxygen atoms in total. The summed E-state index contributed by atoms with van der Waals surface area (Å²) in [7, 11) is -3.16. The number of methoxy groups -OCH3 is 1. The zero-order valence-electron chi connectivity index (χ0n) is 15.6. The van der Waals surface area contributed by atoms with Crippen molar-refractivity contribution in [1.82, 2.24) is 19.9 Å². The summed E-state index contributed by atoms with van der Waals surface area (Å²) >= 11 is 5.83. The summed E-state index contributed by atoms with van der Waals surface area (Å²) in [5.41, 5.74) is 4.82. The Morgan fingerprint density at radius 1 is 1.19 bits per heavy atom. The van der Waals surface area contributed by atoms with Crippen molar-refractivity contribution in [2.24, 2.45) is 0 Å². The first-order valence-electron chi connectivity index (χ1n) is 8.51. The second-order valence-corrected chi connectivity index (χ2v) is 8.35. The number of nitrogens with two attached hydrogens (primary N) is 1. The lowest BCUT2D eigenvalue weighted by atomic mass is 10.1. The third-order valence-corrected chi connectivity index (χ3v) is 5.83. The fourth-order valence-electron chi connectivity index (χ4n) is 2.90. The van der Waals surface area contributed by atoms with Crippen LogP contribution in [0.5, 0.6) is 5.88 Å². The van der Waals surface area contributed by atoms with Crippen LogP contribution >= 0.6 is 11.6 Å². The number of benzene rings is 1. The average molecular weight is 467 g/mol. The number of nitrogens with zero attached hydrogens (tertiary/aromatic N) is 3. The first kappa shape index (κ1) is 20.8. The predicted octanol–water partition coefficient (Wildman–Crippen LogP) is 3.34. The Morgan fingerprint density at radius 3 is 2.71 bits per heavy atom. The molecule has 0 atom stereocenters. The topological polar surface area (TPSA) is 136 Å². The summed E-state index contributed by atoms with van der Waals surface area (Å²) in [4.78, 5) is 13.9. The van der Waals surface area contributed by atoms with E-state index in [1.54, 1.807) is 0 Å². The van der Waals surface area contributed by atoms with Crippen LogP contribution in [0.3, 0.4) is 0 Å². The maximum absolute atomic E-state index is 15.2. The molecule has 0 saturated carbocycles. The van der Waals surface area contributed by atoms with E-state index in [9.17, 15) is 12.8 Å². The number of halogens is 3. The molecule has 0 radical (unpaired) electrons. The number of rotatable bonds is 5. The van der Waals surface area contributed by atoms with Crippen molar-refractivity contribution >= 4 is 44.3 Å². The molecule has 4 N–H and O–H groups in total. The summed E-state index contributed by atoms with van der Waals surface area (Å²) < 4.78 is 62.3. The second-order valence-electron chi connectivity index (χ2n) is 6.27. The average Bonchev–Trinajstić information content (AvgIpc) is 3.12. The van der Waals surface area contributed by atoms with Crippen LogP contribution in [0, 0.1) is 11.6 Å². The molecule has 0 saturated heterocycles. The fourth-order valence-corrected chi connectivity index (χ4v) is 4.32. The van der Waals surface area contributed by atoms with Gasteiger partial charge in [-0.2, -0.15) is 4.98 Å². The quantitative estimate of drug-likeness (QED) is 0.410. The van der Waals surface area contributed by atoms with Crippen LogP contribution in [0.1, 0.15) is 0 Å². The zero-order chi connectivity index (χ0) is 22.3. The number of anilines is 2. The van der Waals surface area contributed by atoms with Crippen molar-refractivity contribution < 1.29 is 21.9 Å². The second kappa shape index (κ2) is 7.63. The lowest BCUT2D eigenvalue weighted by Gasteiger charge is -2.13. The van der Waals surface area contributed by atoms with Gasteiger partial charge in [0.25, 0.3) is 10.0 Å². The van der Waals surface area contributed by atoms with Crippen LogP contribution in [0.25, 0.3) is 22.3 Å². The van der Waals surface area contributed by atoms with Gasteiger partial charge in [-0.1, -0.05) is 11.6 Å². The normalized spacial score (nSPS) is 11.6. The number of ether oxygens (including phenoxy) is 1. The SMILES string of the molecule is COc1ncc(Cl)cc1S(=O)(=O)Nc1ccc(F)c(-c2cc3cnc(N)nc3[nH]2)c1F. The van der Waals surface area contributed by atoms with Crippen LogP contribution in [0.2, 0.25) is 5.02 Å². The van der Waals surface area contributed by atoms with Crippen LogP contribution in [-0.4, -0.2) is 35.5 Å².